The van der Waals surface area contributed by atoms with Crippen LogP contribution in [-0.4, -0.2) is 30.3 Å². The molecule has 1 rings (SSSR count). The summed E-state index contributed by atoms with van der Waals surface area (Å²) in [7, 11) is 0. The van der Waals surface area contributed by atoms with Crippen molar-refractivity contribution in [3.05, 3.63) is 35.9 Å². The van der Waals surface area contributed by atoms with Crippen LogP contribution in [0.3, 0.4) is 0 Å². The van der Waals surface area contributed by atoms with Gasteiger partial charge in [0, 0.05) is 12.0 Å². The molecule has 0 saturated carbocycles. The molecule has 0 saturated heterocycles. The van der Waals surface area contributed by atoms with Crippen molar-refractivity contribution < 1.29 is 4.79 Å². The number of rotatable bonds is 9. The Labute approximate surface area is 111 Å². The van der Waals surface area contributed by atoms with E-state index < -0.39 is 0 Å². The Morgan fingerprint density at radius 1 is 1.00 bits per heavy atom. The van der Waals surface area contributed by atoms with E-state index in [1.807, 2.05) is 30.3 Å². The van der Waals surface area contributed by atoms with Crippen LogP contribution in [0.25, 0.3) is 0 Å². The summed E-state index contributed by atoms with van der Waals surface area (Å²) in [6.45, 7) is 7.75. The molecule has 0 radical (unpaired) electrons. The first-order valence-electron chi connectivity index (χ1n) is 7.08. The van der Waals surface area contributed by atoms with Crippen molar-refractivity contribution in [3.63, 3.8) is 0 Å². The van der Waals surface area contributed by atoms with E-state index in [0.29, 0.717) is 6.42 Å². The number of carbonyl (C=O) groups is 1. The van der Waals surface area contributed by atoms with Crippen molar-refractivity contribution in [3.8, 4) is 0 Å². The zero-order valence-electron chi connectivity index (χ0n) is 11.7. The van der Waals surface area contributed by atoms with E-state index in [4.69, 9.17) is 0 Å². The molecule has 0 aliphatic carbocycles. The van der Waals surface area contributed by atoms with Gasteiger partial charge in [0.15, 0.2) is 5.78 Å². The lowest BCUT2D eigenvalue weighted by molar-refractivity contribution is 0.0974. The molecule has 0 spiro atoms. The van der Waals surface area contributed by atoms with E-state index in [0.717, 1.165) is 31.6 Å². The van der Waals surface area contributed by atoms with E-state index >= 15 is 0 Å². The smallest absolute Gasteiger partial charge is 0.162 e. The third-order valence-corrected chi connectivity index (χ3v) is 3.05. The van der Waals surface area contributed by atoms with Crippen molar-refractivity contribution in [1.82, 2.24) is 4.90 Å². The number of ketones is 1. The first-order valence-corrected chi connectivity index (χ1v) is 7.08. The monoisotopic (exact) mass is 247 g/mol. The van der Waals surface area contributed by atoms with Gasteiger partial charge in [-0.2, -0.15) is 0 Å². The van der Waals surface area contributed by atoms with Gasteiger partial charge in [-0.3, -0.25) is 4.79 Å². The van der Waals surface area contributed by atoms with Crippen LogP contribution in [0.15, 0.2) is 30.3 Å². The molecule has 100 valence electrons. The fourth-order valence-corrected chi connectivity index (χ4v) is 2.20. The Morgan fingerprint density at radius 2 is 1.61 bits per heavy atom. The second-order valence-electron chi connectivity index (χ2n) is 4.73. The van der Waals surface area contributed by atoms with Gasteiger partial charge in [-0.05, 0) is 38.9 Å². The van der Waals surface area contributed by atoms with Crippen LogP contribution in [-0.2, 0) is 0 Å². The Bertz CT molecular complexity index is 328. The summed E-state index contributed by atoms with van der Waals surface area (Å²) >= 11 is 0. The van der Waals surface area contributed by atoms with Crippen LogP contribution in [0, 0.1) is 0 Å². The van der Waals surface area contributed by atoms with Crippen molar-refractivity contribution in [2.45, 2.75) is 39.5 Å². The van der Waals surface area contributed by atoms with Crippen LogP contribution in [0.5, 0.6) is 0 Å². The molecule has 2 heteroatoms. The first kappa shape index (κ1) is 14.9. The minimum atomic E-state index is 0.267. The molecule has 1 aromatic carbocycles. The zero-order chi connectivity index (χ0) is 13.2. The van der Waals surface area contributed by atoms with Crippen LogP contribution in [0.2, 0.25) is 0 Å². The van der Waals surface area contributed by atoms with Crippen LogP contribution >= 0.6 is 0 Å². The van der Waals surface area contributed by atoms with Gasteiger partial charge in [-0.1, -0.05) is 44.2 Å². The Kier molecular flexibility index (Phi) is 7.35. The molecule has 18 heavy (non-hydrogen) atoms. The molecular weight excluding hydrogens is 222 g/mol. The van der Waals surface area contributed by atoms with Gasteiger partial charge in [-0.25, -0.2) is 0 Å². The lowest BCUT2D eigenvalue weighted by atomic mass is 10.1. The Balaban J connectivity index is 2.30. The largest absolute Gasteiger partial charge is 0.303 e. The molecule has 1 aromatic rings. The normalized spacial score (nSPS) is 10.8. The lowest BCUT2D eigenvalue weighted by Gasteiger charge is -2.20. The van der Waals surface area contributed by atoms with Crippen molar-refractivity contribution in [2.24, 2.45) is 0 Å². The number of nitrogens with zero attached hydrogens (tertiary/aromatic N) is 1. The number of Topliss-reactive ketones (excluding diaryl/α,β-unsaturated/α-hetero) is 1. The van der Waals surface area contributed by atoms with E-state index in [1.165, 1.54) is 12.8 Å². The SMILES string of the molecule is CCCN(CCC)CCCC(=O)c1ccccc1. The summed E-state index contributed by atoms with van der Waals surface area (Å²) in [4.78, 5) is 14.4. The molecule has 0 bridgehead atoms. The second kappa shape index (κ2) is 8.87. The van der Waals surface area contributed by atoms with Gasteiger partial charge in [0.1, 0.15) is 0 Å². The maximum Gasteiger partial charge on any atom is 0.162 e. The maximum atomic E-state index is 11.9. The van der Waals surface area contributed by atoms with E-state index in [1.54, 1.807) is 0 Å². The molecule has 0 fully saturated rings. The highest BCUT2D eigenvalue weighted by Crippen LogP contribution is 2.06. The molecule has 0 unspecified atom stereocenters. The van der Waals surface area contributed by atoms with E-state index in [-0.39, 0.29) is 5.78 Å². The standard InChI is InChI=1S/C16H25NO/c1-3-12-17(13-4-2)14-8-11-16(18)15-9-6-5-7-10-15/h5-7,9-10H,3-4,8,11-14H2,1-2H3. The van der Waals surface area contributed by atoms with Gasteiger partial charge in [0.2, 0.25) is 0 Å². The summed E-state index contributed by atoms with van der Waals surface area (Å²) in [5.74, 6) is 0.267. The van der Waals surface area contributed by atoms with Crippen LogP contribution in [0.4, 0.5) is 0 Å². The van der Waals surface area contributed by atoms with Crippen molar-refractivity contribution in [1.29, 1.82) is 0 Å². The zero-order valence-corrected chi connectivity index (χ0v) is 11.7. The summed E-state index contributed by atoms with van der Waals surface area (Å²) in [5.41, 5.74) is 0.843. The molecule has 2 nitrogen and oxygen atoms in total. The highest BCUT2D eigenvalue weighted by molar-refractivity contribution is 5.95. The molecule has 0 N–H and O–H groups in total. The second-order valence-corrected chi connectivity index (χ2v) is 4.73. The Hall–Kier alpha value is -1.15. The molecule has 0 atom stereocenters. The predicted octanol–water partition coefficient (Wildman–Crippen LogP) is 3.77. The van der Waals surface area contributed by atoms with Crippen molar-refractivity contribution >= 4 is 5.78 Å². The summed E-state index contributed by atoms with van der Waals surface area (Å²) < 4.78 is 0. The minimum Gasteiger partial charge on any atom is -0.303 e. The average molecular weight is 247 g/mol. The number of carbonyl (C=O) groups excluding carboxylic acids is 1. The molecule has 0 heterocycles. The lowest BCUT2D eigenvalue weighted by Crippen LogP contribution is -2.26. The van der Waals surface area contributed by atoms with E-state index in [2.05, 4.69) is 18.7 Å². The van der Waals surface area contributed by atoms with Gasteiger partial charge < -0.3 is 4.90 Å². The number of hydrogen-bond donors (Lipinski definition) is 0. The maximum absolute atomic E-state index is 11.9. The highest BCUT2D eigenvalue weighted by Gasteiger charge is 2.07. The van der Waals surface area contributed by atoms with Crippen LogP contribution < -0.4 is 0 Å². The first-order chi connectivity index (χ1) is 8.77. The quantitative estimate of drug-likeness (QED) is 0.619. The highest BCUT2D eigenvalue weighted by atomic mass is 16.1. The minimum absolute atomic E-state index is 0.267. The van der Waals surface area contributed by atoms with Crippen molar-refractivity contribution in [2.75, 3.05) is 19.6 Å². The molecular formula is C16H25NO. The summed E-state index contributed by atoms with van der Waals surface area (Å²) in [5, 5.41) is 0. The fourth-order valence-electron chi connectivity index (χ4n) is 2.20. The van der Waals surface area contributed by atoms with Crippen LogP contribution in [0.1, 0.15) is 49.9 Å². The third-order valence-electron chi connectivity index (χ3n) is 3.05. The third kappa shape index (κ3) is 5.46. The molecule has 0 aliphatic rings. The molecule has 0 aliphatic heterocycles. The molecule has 0 amide bonds. The topological polar surface area (TPSA) is 20.3 Å². The van der Waals surface area contributed by atoms with Gasteiger partial charge in [0.25, 0.3) is 0 Å². The fraction of sp³-hybridized carbons (Fsp3) is 0.562. The predicted molar refractivity (Wildman–Crippen MR) is 77.0 cm³/mol. The number of benzene rings is 1. The Morgan fingerprint density at radius 3 is 2.17 bits per heavy atom. The van der Waals surface area contributed by atoms with Gasteiger partial charge in [-0.15, -0.1) is 0 Å². The van der Waals surface area contributed by atoms with Gasteiger partial charge >= 0.3 is 0 Å². The van der Waals surface area contributed by atoms with Gasteiger partial charge in [0.05, 0.1) is 0 Å². The summed E-state index contributed by atoms with van der Waals surface area (Å²) in [6.07, 6.45) is 4.00. The summed E-state index contributed by atoms with van der Waals surface area (Å²) in [6, 6.07) is 9.60. The van der Waals surface area contributed by atoms with E-state index in [9.17, 15) is 4.79 Å². The number of hydrogen-bond acceptors (Lipinski definition) is 2. The molecule has 0 aromatic heterocycles. The average Bonchev–Trinajstić information content (AvgIpc) is 2.40.